The summed E-state index contributed by atoms with van der Waals surface area (Å²) in [7, 11) is 5.92. The van der Waals surface area contributed by atoms with E-state index in [-0.39, 0.29) is 24.0 Å². The number of hydrogen-bond acceptors (Lipinski definition) is 6. The molecule has 0 aliphatic heterocycles. The van der Waals surface area contributed by atoms with E-state index in [1.165, 1.54) is 28.4 Å². The van der Waals surface area contributed by atoms with E-state index in [0.717, 1.165) is 0 Å². The zero-order chi connectivity index (χ0) is 22.3. The van der Waals surface area contributed by atoms with E-state index in [1.54, 1.807) is 36.4 Å². The highest BCUT2D eigenvalue weighted by Gasteiger charge is 2.22. The summed E-state index contributed by atoms with van der Waals surface area (Å²) in [6.07, 6.45) is -0.185. The second-order valence-electron chi connectivity index (χ2n) is 6.30. The van der Waals surface area contributed by atoms with Gasteiger partial charge in [-0.15, -0.1) is 0 Å². The van der Waals surface area contributed by atoms with Gasteiger partial charge in [-0.05, 0) is 35.4 Å². The Bertz CT molecular complexity index is 884. The summed E-state index contributed by atoms with van der Waals surface area (Å²) in [4.78, 5) is 23.8. The Morgan fingerprint density at radius 3 is 1.23 bits per heavy atom. The van der Waals surface area contributed by atoms with Crippen molar-refractivity contribution in [2.45, 2.75) is 12.8 Å². The van der Waals surface area contributed by atoms with Gasteiger partial charge in [-0.3, -0.25) is 0 Å². The Hall–Kier alpha value is -3.68. The van der Waals surface area contributed by atoms with Crippen LogP contribution in [0.5, 0.6) is 23.0 Å². The monoisotopic (exact) mass is 416 g/mol. The fourth-order valence-corrected chi connectivity index (χ4v) is 3.01. The molecule has 0 spiro atoms. The maximum Gasteiger partial charge on any atom is 0.332 e. The average Bonchev–Trinajstić information content (AvgIpc) is 2.75. The molecule has 0 bridgehead atoms. The first-order chi connectivity index (χ1) is 14.3. The van der Waals surface area contributed by atoms with Crippen molar-refractivity contribution in [1.29, 1.82) is 0 Å². The van der Waals surface area contributed by atoms with E-state index in [1.807, 2.05) is 0 Å². The highest BCUT2D eigenvalue weighted by Crippen LogP contribution is 2.31. The molecule has 8 nitrogen and oxygen atoms in total. The van der Waals surface area contributed by atoms with Crippen molar-refractivity contribution in [2.75, 3.05) is 28.4 Å². The van der Waals surface area contributed by atoms with Crippen LogP contribution in [0, 0.1) is 0 Å². The third-order valence-electron chi connectivity index (χ3n) is 4.54. The number of hydrogen-bond donors (Lipinski definition) is 2. The van der Waals surface area contributed by atoms with Crippen molar-refractivity contribution in [3.05, 3.63) is 58.7 Å². The molecule has 8 heteroatoms. The van der Waals surface area contributed by atoms with Crippen molar-refractivity contribution in [3.8, 4) is 23.0 Å². The molecule has 2 rings (SSSR count). The van der Waals surface area contributed by atoms with Crippen LogP contribution in [-0.2, 0) is 22.4 Å². The fourth-order valence-electron chi connectivity index (χ4n) is 3.01. The van der Waals surface area contributed by atoms with Gasteiger partial charge in [0.2, 0.25) is 0 Å². The maximum absolute atomic E-state index is 11.9. The minimum absolute atomic E-state index is 0.0926. The Kier molecular flexibility index (Phi) is 7.69. The zero-order valence-electron chi connectivity index (χ0n) is 17.2. The second kappa shape index (κ2) is 10.2. The van der Waals surface area contributed by atoms with Crippen molar-refractivity contribution < 1.29 is 38.7 Å². The Morgan fingerprint density at radius 1 is 0.633 bits per heavy atom. The predicted molar refractivity (Wildman–Crippen MR) is 109 cm³/mol. The van der Waals surface area contributed by atoms with Gasteiger partial charge in [-0.2, -0.15) is 0 Å². The molecule has 2 N–H and O–H groups in total. The number of methoxy groups -OCH3 is 4. The first-order valence-corrected chi connectivity index (χ1v) is 8.95. The Balaban J connectivity index is 2.46. The van der Waals surface area contributed by atoms with Gasteiger partial charge < -0.3 is 29.2 Å². The van der Waals surface area contributed by atoms with Crippen molar-refractivity contribution in [1.82, 2.24) is 0 Å². The number of carboxylic acids is 2. The molecule has 0 heterocycles. The van der Waals surface area contributed by atoms with Crippen LogP contribution in [0.3, 0.4) is 0 Å². The van der Waals surface area contributed by atoms with Crippen LogP contribution in [-0.4, -0.2) is 50.6 Å². The molecule has 0 aliphatic rings. The van der Waals surface area contributed by atoms with Crippen LogP contribution in [0.4, 0.5) is 0 Å². The third kappa shape index (κ3) is 5.22. The van der Waals surface area contributed by atoms with E-state index in [4.69, 9.17) is 18.9 Å². The molecule has 0 atom stereocenters. The van der Waals surface area contributed by atoms with E-state index in [9.17, 15) is 19.8 Å². The van der Waals surface area contributed by atoms with Crippen LogP contribution in [0.2, 0.25) is 0 Å². The SMILES string of the molecule is COc1ccc(C/C(C(=O)O)=C(\Cc2ccc(OC)c(OC)c2)C(=O)O)cc1OC. The smallest absolute Gasteiger partial charge is 0.332 e. The lowest BCUT2D eigenvalue weighted by Crippen LogP contribution is -2.15. The van der Waals surface area contributed by atoms with Crippen LogP contribution in [0.15, 0.2) is 47.5 Å². The number of rotatable bonds is 10. The normalized spacial score (nSPS) is 11.3. The highest BCUT2D eigenvalue weighted by molar-refractivity contribution is 5.99. The molecular formula is C22H24O8. The largest absolute Gasteiger partial charge is 0.493 e. The lowest BCUT2D eigenvalue weighted by atomic mass is 9.95. The minimum Gasteiger partial charge on any atom is -0.493 e. The van der Waals surface area contributed by atoms with Crippen molar-refractivity contribution in [3.63, 3.8) is 0 Å². The van der Waals surface area contributed by atoms with Gasteiger partial charge in [0.1, 0.15) is 0 Å². The molecule has 30 heavy (non-hydrogen) atoms. The predicted octanol–water partition coefficient (Wildman–Crippen LogP) is 2.97. The molecule has 0 saturated heterocycles. The zero-order valence-corrected chi connectivity index (χ0v) is 17.2. The molecule has 2 aromatic rings. The molecule has 160 valence electrons. The van der Waals surface area contributed by atoms with Gasteiger partial charge >= 0.3 is 11.9 Å². The Labute approximate surface area is 174 Å². The van der Waals surface area contributed by atoms with Crippen LogP contribution in [0.1, 0.15) is 11.1 Å². The molecular weight excluding hydrogens is 392 g/mol. The third-order valence-corrected chi connectivity index (χ3v) is 4.54. The molecule has 0 amide bonds. The van der Waals surface area contributed by atoms with E-state index in [0.29, 0.717) is 34.1 Å². The summed E-state index contributed by atoms with van der Waals surface area (Å²) in [6.45, 7) is 0. The number of carbonyl (C=O) groups is 2. The van der Waals surface area contributed by atoms with Gasteiger partial charge in [0.15, 0.2) is 23.0 Å². The topological polar surface area (TPSA) is 112 Å². The summed E-state index contributed by atoms with van der Waals surface area (Å²) in [6, 6.07) is 9.86. The van der Waals surface area contributed by atoms with Crippen LogP contribution in [0.25, 0.3) is 0 Å². The van der Waals surface area contributed by atoms with Gasteiger partial charge in [0, 0.05) is 12.8 Å². The minimum atomic E-state index is -1.30. The number of benzene rings is 2. The van der Waals surface area contributed by atoms with Crippen LogP contribution < -0.4 is 18.9 Å². The molecule has 2 aromatic carbocycles. The van der Waals surface area contributed by atoms with Gasteiger partial charge in [0.25, 0.3) is 0 Å². The number of aliphatic carboxylic acids is 2. The lowest BCUT2D eigenvalue weighted by molar-refractivity contribution is -0.136. The molecule has 0 fully saturated rings. The summed E-state index contributed by atoms with van der Waals surface area (Å²) in [5, 5.41) is 19.4. The molecule has 0 radical (unpaired) electrons. The lowest BCUT2D eigenvalue weighted by Gasteiger charge is -2.13. The van der Waals surface area contributed by atoms with Crippen molar-refractivity contribution in [2.24, 2.45) is 0 Å². The summed E-state index contributed by atoms with van der Waals surface area (Å²) in [5.41, 5.74) is 0.723. The number of carboxylic acid groups (broad SMARTS) is 2. The number of ether oxygens (including phenoxy) is 4. The van der Waals surface area contributed by atoms with Crippen LogP contribution >= 0.6 is 0 Å². The first kappa shape index (κ1) is 22.6. The summed E-state index contributed by atoms with van der Waals surface area (Å²) < 4.78 is 20.8. The fraction of sp³-hybridized carbons (Fsp3) is 0.273. The standard InChI is InChI=1S/C22H24O8/c1-27-17-7-5-13(11-19(17)29-3)9-15(21(23)24)16(22(25)26)10-14-6-8-18(28-2)20(12-14)30-4/h5-8,11-12H,9-10H2,1-4H3,(H,23,24)(H,25,26)/b16-15-. The quantitative estimate of drug-likeness (QED) is 0.569. The molecule has 0 unspecified atom stereocenters. The molecule has 0 aliphatic carbocycles. The van der Waals surface area contributed by atoms with Gasteiger partial charge in [-0.25, -0.2) is 9.59 Å². The van der Waals surface area contributed by atoms with E-state index >= 15 is 0 Å². The van der Waals surface area contributed by atoms with Crippen molar-refractivity contribution >= 4 is 11.9 Å². The molecule has 0 saturated carbocycles. The Morgan fingerprint density at radius 2 is 0.967 bits per heavy atom. The summed E-state index contributed by atoms with van der Waals surface area (Å²) >= 11 is 0. The molecule has 0 aromatic heterocycles. The van der Waals surface area contributed by atoms with Gasteiger partial charge in [0.05, 0.1) is 39.6 Å². The van der Waals surface area contributed by atoms with E-state index < -0.39 is 11.9 Å². The maximum atomic E-state index is 11.9. The second-order valence-corrected chi connectivity index (χ2v) is 6.30. The van der Waals surface area contributed by atoms with Gasteiger partial charge in [-0.1, -0.05) is 12.1 Å². The van der Waals surface area contributed by atoms with E-state index in [2.05, 4.69) is 0 Å². The highest BCUT2D eigenvalue weighted by atomic mass is 16.5. The first-order valence-electron chi connectivity index (χ1n) is 8.95. The average molecular weight is 416 g/mol. The summed E-state index contributed by atoms with van der Waals surface area (Å²) in [5.74, 6) is -0.768.